The van der Waals surface area contributed by atoms with Crippen LogP contribution in [0.5, 0.6) is 0 Å². The van der Waals surface area contributed by atoms with Crippen LogP contribution < -0.4 is 10.6 Å². The number of carbonyl (C=O) groups excluding carboxylic acids is 1. The van der Waals surface area contributed by atoms with Crippen LogP contribution in [-0.4, -0.2) is 25.7 Å². The lowest BCUT2D eigenvalue weighted by atomic mass is 9.97. The predicted octanol–water partition coefficient (Wildman–Crippen LogP) is 2.26. The number of benzene rings is 1. The van der Waals surface area contributed by atoms with Gasteiger partial charge in [0.2, 0.25) is 5.91 Å². The Balaban J connectivity index is 0.00000161. The normalized spacial score (nSPS) is 18.5. The summed E-state index contributed by atoms with van der Waals surface area (Å²) in [6, 6.07) is 3.56. The molecule has 116 valence electrons. The highest BCUT2D eigenvalue weighted by Gasteiger charge is 2.23. The molecule has 1 amide bonds. The molecule has 2 heterocycles. The van der Waals surface area contributed by atoms with E-state index >= 15 is 0 Å². The maximum absolute atomic E-state index is 14.4. The van der Waals surface area contributed by atoms with Gasteiger partial charge < -0.3 is 15.4 Å². The number of fused-ring (bicyclic) bond motifs is 1. The number of nitrogens with one attached hydrogen (secondary N) is 2. The van der Waals surface area contributed by atoms with Crippen LogP contribution in [0.15, 0.2) is 12.1 Å². The zero-order valence-electron chi connectivity index (χ0n) is 11.8. The SMILES string of the molecule is Cl.O=C(Nc1ccc2c(c1F)CCNC2)C1CCOCC1. The third kappa shape index (κ3) is 3.54. The van der Waals surface area contributed by atoms with Crippen LogP contribution in [-0.2, 0) is 22.5 Å². The van der Waals surface area contributed by atoms with E-state index in [4.69, 9.17) is 4.74 Å². The molecule has 0 aliphatic carbocycles. The minimum atomic E-state index is -0.274. The highest BCUT2D eigenvalue weighted by Crippen LogP contribution is 2.26. The third-order valence-electron chi connectivity index (χ3n) is 4.06. The summed E-state index contributed by atoms with van der Waals surface area (Å²) in [4.78, 5) is 12.1. The number of carbonyl (C=O) groups is 1. The van der Waals surface area contributed by atoms with Crippen molar-refractivity contribution < 1.29 is 13.9 Å². The highest BCUT2D eigenvalue weighted by atomic mass is 35.5. The van der Waals surface area contributed by atoms with E-state index in [1.165, 1.54) is 0 Å². The van der Waals surface area contributed by atoms with E-state index in [1.807, 2.05) is 6.07 Å². The first-order valence-corrected chi connectivity index (χ1v) is 7.15. The minimum absolute atomic E-state index is 0. The number of anilines is 1. The molecule has 0 saturated carbocycles. The first-order chi connectivity index (χ1) is 9.75. The van der Waals surface area contributed by atoms with Crippen molar-refractivity contribution in [3.05, 3.63) is 29.1 Å². The molecule has 0 radical (unpaired) electrons. The summed E-state index contributed by atoms with van der Waals surface area (Å²) in [5, 5.41) is 5.95. The molecule has 1 saturated heterocycles. The molecule has 3 rings (SSSR count). The molecule has 0 unspecified atom stereocenters. The van der Waals surface area contributed by atoms with Gasteiger partial charge in [0.15, 0.2) is 0 Å². The van der Waals surface area contributed by atoms with E-state index in [1.54, 1.807) is 6.07 Å². The molecule has 2 aliphatic heterocycles. The van der Waals surface area contributed by atoms with E-state index < -0.39 is 0 Å². The van der Waals surface area contributed by atoms with Crippen molar-refractivity contribution in [3.63, 3.8) is 0 Å². The summed E-state index contributed by atoms with van der Waals surface area (Å²) in [5.41, 5.74) is 2.02. The fourth-order valence-electron chi connectivity index (χ4n) is 2.82. The molecule has 2 aliphatic rings. The van der Waals surface area contributed by atoms with Crippen LogP contribution >= 0.6 is 12.4 Å². The molecule has 6 heteroatoms. The molecule has 0 aromatic heterocycles. The Hall–Kier alpha value is -1.17. The second-order valence-corrected chi connectivity index (χ2v) is 5.37. The van der Waals surface area contributed by atoms with Crippen LogP contribution in [0.4, 0.5) is 10.1 Å². The Bertz CT molecular complexity index is 519. The molecule has 1 aromatic rings. The van der Waals surface area contributed by atoms with Crippen LogP contribution in [0.3, 0.4) is 0 Å². The van der Waals surface area contributed by atoms with Crippen molar-refractivity contribution in [2.45, 2.75) is 25.8 Å². The zero-order valence-corrected chi connectivity index (χ0v) is 12.6. The van der Waals surface area contributed by atoms with Gasteiger partial charge in [-0.2, -0.15) is 0 Å². The van der Waals surface area contributed by atoms with Gasteiger partial charge >= 0.3 is 0 Å². The summed E-state index contributed by atoms with van der Waals surface area (Å²) >= 11 is 0. The molecule has 1 aromatic carbocycles. The zero-order chi connectivity index (χ0) is 13.9. The van der Waals surface area contributed by atoms with Gasteiger partial charge in [-0.3, -0.25) is 4.79 Å². The van der Waals surface area contributed by atoms with E-state index in [-0.39, 0.29) is 30.0 Å². The average Bonchev–Trinajstić information content (AvgIpc) is 2.51. The smallest absolute Gasteiger partial charge is 0.227 e. The lowest BCUT2D eigenvalue weighted by Crippen LogP contribution is -2.29. The summed E-state index contributed by atoms with van der Waals surface area (Å²) in [6.45, 7) is 2.69. The Morgan fingerprint density at radius 3 is 2.86 bits per heavy atom. The van der Waals surface area contributed by atoms with Crippen molar-refractivity contribution in [2.24, 2.45) is 5.92 Å². The molecule has 1 fully saturated rings. The molecule has 21 heavy (non-hydrogen) atoms. The molecule has 0 bridgehead atoms. The quantitative estimate of drug-likeness (QED) is 0.880. The fourth-order valence-corrected chi connectivity index (χ4v) is 2.82. The summed E-state index contributed by atoms with van der Waals surface area (Å²) in [5.74, 6) is -0.439. The van der Waals surface area contributed by atoms with Crippen molar-refractivity contribution in [3.8, 4) is 0 Å². The van der Waals surface area contributed by atoms with Gasteiger partial charge in [-0.05, 0) is 43.0 Å². The maximum Gasteiger partial charge on any atom is 0.227 e. The lowest BCUT2D eigenvalue weighted by molar-refractivity contribution is -0.122. The van der Waals surface area contributed by atoms with Crippen molar-refractivity contribution in [2.75, 3.05) is 25.1 Å². The van der Waals surface area contributed by atoms with Gasteiger partial charge in [0.05, 0.1) is 5.69 Å². The van der Waals surface area contributed by atoms with Crippen LogP contribution in [0.25, 0.3) is 0 Å². The van der Waals surface area contributed by atoms with Crippen molar-refractivity contribution >= 4 is 24.0 Å². The largest absolute Gasteiger partial charge is 0.381 e. The van der Waals surface area contributed by atoms with E-state index in [2.05, 4.69) is 10.6 Å². The third-order valence-corrected chi connectivity index (χ3v) is 4.06. The number of hydrogen-bond acceptors (Lipinski definition) is 3. The van der Waals surface area contributed by atoms with Gasteiger partial charge in [0.1, 0.15) is 5.82 Å². The number of hydrogen-bond donors (Lipinski definition) is 2. The van der Waals surface area contributed by atoms with E-state index in [9.17, 15) is 9.18 Å². The molecular formula is C15H20ClFN2O2. The number of amides is 1. The van der Waals surface area contributed by atoms with Gasteiger partial charge in [-0.1, -0.05) is 6.07 Å². The molecular weight excluding hydrogens is 295 g/mol. The summed E-state index contributed by atoms with van der Waals surface area (Å²) < 4.78 is 19.7. The number of ether oxygens (including phenoxy) is 1. The van der Waals surface area contributed by atoms with Crippen LogP contribution in [0.2, 0.25) is 0 Å². The molecule has 0 atom stereocenters. The molecule has 2 N–H and O–H groups in total. The Kier molecular flexibility index (Phi) is 5.56. The topological polar surface area (TPSA) is 50.4 Å². The first kappa shape index (κ1) is 16.2. The number of halogens is 2. The predicted molar refractivity (Wildman–Crippen MR) is 81.2 cm³/mol. The van der Waals surface area contributed by atoms with Crippen LogP contribution in [0, 0.1) is 11.7 Å². The van der Waals surface area contributed by atoms with E-state index in [0.717, 1.165) is 17.7 Å². The Morgan fingerprint density at radius 2 is 2.10 bits per heavy atom. The Labute approximate surface area is 129 Å². The van der Waals surface area contributed by atoms with Gasteiger partial charge in [-0.25, -0.2) is 4.39 Å². The van der Waals surface area contributed by atoms with Gasteiger partial charge in [0.25, 0.3) is 0 Å². The highest BCUT2D eigenvalue weighted by molar-refractivity contribution is 5.92. The van der Waals surface area contributed by atoms with Crippen molar-refractivity contribution in [1.82, 2.24) is 5.32 Å². The second kappa shape index (κ2) is 7.20. The fraction of sp³-hybridized carbons (Fsp3) is 0.533. The Morgan fingerprint density at radius 1 is 1.33 bits per heavy atom. The molecule has 0 spiro atoms. The molecule has 4 nitrogen and oxygen atoms in total. The van der Waals surface area contributed by atoms with Gasteiger partial charge in [-0.15, -0.1) is 12.4 Å². The van der Waals surface area contributed by atoms with Crippen molar-refractivity contribution in [1.29, 1.82) is 0 Å². The maximum atomic E-state index is 14.4. The van der Waals surface area contributed by atoms with Crippen LogP contribution in [0.1, 0.15) is 24.0 Å². The lowest BCUT2D eigenvalue weighted by Gasteiger charge is -2.23. The monoisotopic (exact) mass is 314 g/mol. The summed E-state index contributed by atoms with van der Waals surface area (Å²) in [6.07, 6.45) is 2.09. The number of rotatable bonds is 2. The summed E-state index contributed by atoms with van der Waals surface area (Å²) in [7, 11) is 0. The average molecular weight is 315 g/mol. The standard InChI is InChI=1S/C15H19FN2O2.ClH/c16-14-12-3-6-17-9-11(12)1-2-13(14)18-15(19)10-4-7-20-8-5-10;/h1-2,10,17H,3-9H2,(H,18,19);1H. The first-order valence-electron chi connectivity index (χ1n) is 7.15. The second-order valence-electron chi connectivity index (χ2n) is 5.37. The van der Waals surface area contributed by atoms with Gasteiger partial charge in [0, 0.05) is 25.7 Å². The minimum Gasteiger partial charge on any atom is -0.381 e. The van der Waals surface area contributed by atoms with E-state index in [0.29, 0.717) is 44.7 Å².